The van der Waals surface area contributed by atoms with Crippen molar-refractivity contribution in [1.29, 1.82) is 0 Å². The Hall–Kier alpha value is -6.16. The molecule has 0 fully saturated rings. The van der Waals surface area contributed by atoms with Crippen LogP contribution in [0.5, 0.6) is 0 Å². The Bertz CT molecular complexity index is 2410. The predicted molar refractivity (Wildman–Crippen MR) is 232 cm³/mol. The molecule has 0 radical (unpaired) electrons. The number of hydrogen-bond acceptors (Lipinski definition) is 3. The summed E-state index contributed by atoms with van der Waals surface area (Å²) >= 11 is 0. The summed E-state index contributed by atoms with van der Waals surface area (Å²) in [6.45, 7) is 1.10. The molecule has 1 N–H and O–H groups in total. The number of anilines is 6. The summed E-state index contributed by atoms with van der Waals surface area (Å²) in [5, 5.41) is 8.35. The summed E-state index contributed by atoms with van der Waals surface area (Å²) < 4.78 is 0. The Morgan fingerprint density at radius 3 is 1.46 bits per heavy atom. The molecule has 0 heterocycles. The highest BCUT2D eigenvalue weighted by molar-refractivity contribution is 6.01. The van der Waals surface area contributed by atoms with Gasteiger partial charge in [0.25, 0.3) is 0 Å². The summed E-state index contributed by atoms with van der Waals surface area (Å²) in [6.07, 6.45) is 6.09. The van der Waals surface area contributed by atoms with Gasteiger partial charge in [-0.2, -0.15) is 0 Å². The number of unbranched alkanes of at least 4 members (excludes halogenated alkanes) is 3. The Kier molecular flexibility index (Phi) is 10.8. The van der Waals surface area contributed by atoms with Gasteiger partial charge in [-0.05, 0) is 121 Å². The van der Waals surface area contributed by atoms with Gasteiger partial charge in [0.05, 0.1) is 11.4 Å². The van der Waals surface area contributed by atoms with Crippen LogP contribution in [0, 0.1) is 0 Å². The van der Waals surface area contributed by atoms with E-state index >= 15 is 0 Å². The van der Waals surface area contributed by atoms with E-state index in [9.17, 15) is 0 Å². The summed E-state index contributed by atoms with van der Waals surface area (Å²) in [7, 11) is 2.03. The van der Waals surface area contributed by atoms with E-state index in [4.69, 9.17) is 0 Å². The van der Waals surface area contributed by atoms with Gasteiger partial charge in [0.2, 0.25) is 0 Å². The van der Waals surface area contributed by atoms with E-state index in [1.54, 1.807) is 0 Å². The van der Waals surface area contributed by atoms with Gasteiger partial charge in [0.15, 0.2) is 0 Å². The van der Waals surface area contributed by atoms with Crippen molar-refractivity contribution in [3.8, 4) is 11.1 Å². The zero-order chi connectivity index (χ0) is 36.5. The molecule has 3 nitrogen and oxygen atoms in total. The van der Waals surface area contributed by atoms with Gasteiger partial charge in [-0.1, -0.05) is 140 Å². The molecular weight excluding hydrogens is 655 g/mol. The average molecular weight is 702 g/mol. The van der Waals surface area contributed by atoms with Crippen LogP contribution in [0.2, 0.25) is 0 Å². The van der Waals surface area contributed by atoms with E-state index in [2.05, 4.69) is 203 Å². The monoisotopic (exact) mass is 701 g/mol. The fourth-order valence-electron chi connectivity index (χ4n) is 7.75. The first-order chi connectivity index (χ1) is 26.8. The third-order valence-electron chi connectivity index (χ3n) is 10.5. The topological polar surface area (TPSA) is 18.5 Å². The van der Waals surface area contributed by atoms with E-state index in [0.29, 0.717) is 0 Å². The first-order valence-corrected chi connectivity index (χ1v) is 19.3. The van der Waals surface area contributed by atoms with Crippen LogP contribution in [0.15, 0.2) is 188 Å². The molecule has 266 valence electrons. The molecule has 0 aliphatic carbocycles. The van der Waals surface area contributed by atoms with Crippen molar-refractivity contribution in [2.24, 2.45) is 0 Å². The zero-order valence-electron chi connectivity index (χ0n) is 31.0. The third-order valence-corrected chi connectivity index (χ3v) is 10.5. The van der Waals surface area contributed by atoms with E-state index < -0.39 is 0 Å². The third kappa shape index (κ3) is 7.50. The predicted octanol–water partition coefficient (Wildman–Crippen LogP) is 13.9. The van der Waals surface area contributed by atoms with E-state index in [0.717, 1.165) is 41.4 Å². The molecule has 0 spiro atoms. The minimum Gasteiger partial charge on any atom is -0.320 e. The van der Waals surface area contributed by atoms with Gasteiger partial charge in [0.1, 0.15) is 0 Å². The van der Waals surface area contributed by atoms with Gasteiger partial charge in [0, 0.05) is 33.5 Å². The second kappa shape index (κ2) is 16.7. The lowest BCUT2D eigenvalue weighted by atomic mass is 9.97. The second-order valence-corrected chi connectivity index (χ2v) is 14.0. The molecule has 0 amide bonds. The molecule has 0 aliphatic heterocycles. The normalized spacial score (nSPS) is 11.2. The molecular formula is C51H47N3. The number of hydrogen-bond donors (Lipinski definition) is 1. The Morgan fingerprint density at radius 1 is 0.370 bits per heavy atom. The van der Waals surface area contributed by atoms with Gasteiger partial charge >= 0.3 is 0 Å². The number of aryl methyl sites for hydroxylation is 1. The number of nitrogens with zero attached hydrogens (tertiary/aromatic N) is 2. The molecule has 54 heavy (non-hydrogen) atoms. The lowest BCUT2D eigenvalue weighted by Gasteiger charge is -2.28. The van der Waals surface area contributed by atoms with Crippen molar-refractivity contribution < 1.29 is 0 Å². The number of para-hydroxylation sites is 2. The second-order valence-electron chi connectivity index (χ2n) is 14.0. The standard InChI is InChI=1S/C51H47N3/c1-52-38-15-3-2-6-17-42-32-37-51(49-26-14-13-24-47(42)49)54(44-22-9-5-10-23-44)46-35-30-40(31-36-46)39-28-33-45(34-29-39)53(43-20-7-4-8-21-43)50-27-16-19-41-18-11-12-25-48(41)50/h4-5,7-14,16,18-37,52H,2-3,6,15,17,38H2,1H3. The van der Waals surface area contributed by atoms with Crippen molar-refractivity contribution in [1.82, 2.24) is 5.32 Å². The quantitative estimate of drug-likeness (QED) is 0.114. The van der Waals surface area contributed by atoms with Crippen LogP contribution in [-0.2, 0) is 6.42 Å². The molecule has 0 unspecified atom stereocenters. The van der Waals surface area contributed by atoms with Crippen LogP contribution in [0.3, 0.4) is 0 Å². The molecule has 0 saturated heterocycles. The average Bonchev–Trinajstić information content (AvgIpc) is 3.24. The van der Waals surface area contributed by atoms with Crippen LogP contribution >= 0.6 is 0 Å². The minimum atomic E-state index is 1.10. The van der Waals surface area contributed by atoms with Crippen LogP contribution in [0.1, 0.15) is 31.2 Å². The Labute approximate surface area is 320 Å². The first kappa shape index (κ1) is 34.9. The van der Waals surface area contributed by atoms with Crippen molar-refractivity contribution in [3.05, 3.63) is 194 Å². The smallest absolute Gasteiger partial charge is 0.0540 e. The SMILES string of the molecule is CNCCCCCCc1ccc(N(c2ccccc2)c2ccc(-c3ccc(N(c4ccccc4)c4cccc5ccccc45)cc3)cc2)c2ccccc12. The lowest BCUT2D eigenvalue weighted by molar-refractivity contribution is 0.617. The molecule has 8 rings (SSSR count). The molecule has 3 heteroatoms. The largest absolute Gasteiger partial charge is 0.320 e. The maximum absolute atomic E-state index is 3.27. The van der Waals surface area contributed by atoms with E-state index in [-0.39, 0.29) is 0 Å². The van der Waals surface area contributed by atoms with Crippen molar-refractivity contribution >= 4 is 55.7 Å². The highest BCUT2D eigenvalue weighted by Gasteiger charge is 2.18. The van der Waals surface area contributed by atoms with Gasteiger partial charge in [-0.3, -0.25) is 0 Å². The molecule has 0 aromatic heterocycles. The van der Waals surface area contributed by atoms with Crippen molar-refractivity contribution in [2.45, 2.75) is 32.1 Å². The zero-order valence-corrected chi connectivity index (χ0v) is 31.0. The minimum absolute atomic E-state index is 1.10. The van der Waals surface area contributed by atoms with Crippen LogP contribution in [0.25, 0.3) is 32.7 Å². The number of fused-ring (bicyclic) bond motifs is 2. The molecule has 0 atom stereocenters. The molecule has 8 aromatic rings. The highest BCUT2D eigenvalue weighted by atomic mass is 15.1. The van der Waals surface area contributed by atoms with E-state index in [1.165, 1.54) is 69.6 Å². The molecule has 0 aliphatic rings. The maximum atomic E-state index is 3.27. The van der Waals surface area contributed by atoms with Gasteiger partial charge in [-0.25, -0.2) is 0 Å². The Balaban J connectivity index is 1.10. The van der Waals surface area contributed by atoms with Crippen LogP contribution in [-0.4, -0.2) is 13.6 Å². The molecule has 8 aromatic carbocycles. The fourth-order valence-corrected chi connectivity index (χ4v) is 7.75. The van der Waals surface area contributed by atoms with E-state index in [1.807, 2.05) is 7.05 Å². The molecule has 0 bridgehead atoms. The highest BCUT2D eigenvalue weighted by Crippen LogP contribution is 2.42. The number of nitrogens with one attached hydrogen (secondary N) is 1. The summed E-state index contributed by atoms with van der Waals surface area (Å²) in [5.41, 5.74) is 10.7. The number of benzene rings is 8. The van der Waals surface area contributed by atoms with Crippen LogP contribution < -0.4 is 15.1 Å². The summed E-state index contributed by atoms with van der Waals surface area (Å²) in [4.78, 5) is 4.76. The van der Waals surface area contributed by atoms with Gasteiger partial charge in [-0.15, -0.1) is 0 Å². The molecule has 0 saturated carbocycles. The first-order valence-electron chi connectivity index (χ1n) is 19.3. The lowest BCUT2D eigenvalue weighted by Crippen LogP contribution is -2.11. The Morgan fingerprint density at radius 2 is 0.852 bits per heavy atom. The van der Waals surface area contributed by atoms with Gasteiger partial charge < -0.3 is 15.1 Å². The van der Waals surface area contributed by atoms with Crippen molar-refractivity contribution in [3.63, 3.8) is 0 Å². The maximum Gasteiger partial charge on any atom is 0.0540 e. The summed E-state index contributed by atoms with van der Waals surface area (Å²) in [5.74, 6) is 0. The fraction of sp³-hybridized carbons (Fsp3) is 0.137. The number of rotatable bonds is 14. The summed E-state index contributed by atoms with van der Waals surface area (Å²) in [6, 6.07) is 68.1. The van der Waals surface area contributed by atoms with Crippen molar-refractivity contribution in [2.75, 3.05) is 23.4 Å². The van der Waals surface area contributed by atoms with Crippen LogP contribution in [0.4, 0.5) is 34.1 Å².